The normalized spacial score (nSPS) is 11.5. The van der Waals surface area contributed by atoms with Crippen LogP contribution in [0.4, 0.5) is 13.2 Å². The van der Waals surface area contributed by atoms with Gasteiger partial charge in [0.1, 0.15) is 0 Å². The van der Waals surface area contributed by atoms with E-state index in [-0.39, 0.29) is 16.8 Å². The summed E-state index contributed by atoms with van der Waals surface area (Å²) < 4.78 is 39.7. The molecule has 0 spiro atoms. The van der Waals surface area contributed by atoms with Crippen LogP contribution in [0, 0.1) is 0 Å². The molecule has 0 bridgehead atoms. The lowest BCUT2D eigenvalue weighted by Crippen LogP contribution is -2.11. The van der Waals surface area contributed by atoms with Gasteiger partial charge in [0, 0.05) is 11.3 Å². The summed E-state index contributed by atoms with van der Waals surface area (Å²) in [7, 11) is 0. The lowest BCUT2D eigenvalue weighted by Gasteiger charge is -2.11. The van der Waals surface area contributed by atoms with Gasteiger partial charge in [-0.2, -0.15) is 13.2 Å². The molecule has 3 rings (SSSR count). The van der Waals surface area contributed by atoms with E-state index in [2.05, 4.69) is 4.98 Å². The maximum atomic E-state index is 13.2. The van der Waals surface area contributed by atoms with Gasteiger partial charge in [-0.15, -0.1) is 0 Å². The van der Waals surface area contributed by atoms with E-state index in [4.69, 9.17) is 5.73 Å². The van der Waals surface area contributed by atoms with E-state index >= 15 is 0 Å². The first-order valence-electron chi connectivity index (χ1n) is 7.13. The Hall–Kier alpha value is -3.02. The number of halogens is 3. The molecule has 0 aliphatic carbocycles. The minimum absolute atomic E-state index is 0.0327. The third kappa shape index (κ3) is 2.90. The highest BCUT2D eigenvalue weighted by Crippen LogP contribution is 2.38. The van der Waals surface area contributed by atoms with Crippen LogP contribution >= 0.6 is 0 Å². The zero-order valence-electron chi connectivity index (χ0n) is 12.4. The Balaban J connectivity index is 2.20. The summed E-state index contributed by atoms with van der Waals surface area (Å²) in [6.45, 7) is 0. The Morgan fingerprint density at radius 3 is 2.21 bits per heavy atom. The fraction of sp³-hybridized carbons (Fsp3) is 0.0556. The molecule has 2 aromatic carbocycles. The van der Waals surface area contributed by atoms with Crippen molar-refractivity contribution in [3.8, 4) is 22.5 Å². The second-order valence-corrected chi connectivity index (χ2v) is 5.25. The van der Waals surface area contributed by atoms with Gasteiger partial charge in [-0.25, -0.2) is 0 Å². The minimum atomic E-state index is -4.50. The van der Waals surface area contributed by atoms with Crippen LogP contribution in [0.1, 0.15) is 15.9 Å². The van der Waals surface area contributed by atoms with Gasteiger partial charge in [0.2, 0.25) is 0 Å². The molecule has 0 fully saturated rings. The Morgan fingerprint density at radius 2 is 1.58 bits per heavy atom. The van der Waals surface area contributed by atoms with Crippen LogP contribution in [0.25, 0.3) is 22.5 Å². The molecule has 3 aromatic rings. The topological polar surface area (TPSA) is 58.9 Å². The van der Waals surface area contributed by atoms with Gasteiger partial charge in [0.15, 0.2) is 0 Å². The van der Waals surface area contributed by atoms with E-state index in [1.54, 1.807) is 30.3 Å². The number of aromatic nitrogens is 1. The highest BCUT2D eigenvalue weighted by molar-refractivity contribution is 6.00. The molecule has 1 aromatic heterocycles. The average molecular weight is 330 g/mol. The number of amides is 1. The molecule has 0 radical (unpaired) electrons. The van der Waals surface area contributed by atoms with Crippen molar-refractivity contribution >= 4 is 5.91 Å². The average Bonchev–Trinajstić information content (AvgIpc) is 3.00. The quantitative estimate of drug-likeness (QED) is 0.731. The van der Waals surface area contributed by atoms with Crippen molar-refractivity contribution in [2.45, 2.75) is 6.18 Å². The summed E-state index contributed by atoms with van der Waals surface area (Å²) in [5.74, 6) is -0.708. The lowest BCUT2D eigenvalue weighted by molar-refractivity contribution is -0.137. The van der Waals surface area contributed by atoms with E-state index < -0.39 is 17.6 Å². The minimum Gasteiger partial charge on any atom is -0.366 e. The highest BCUT2D eigenvalue weighted by Gasteiger charge is 2.34. The van der Waals surface area contributed by atoms with Gasteiger partial charge in [-0.05, 0) is 17.7 Å². The zero-order valence-corrected chi connectivity index (χ0v) is 12.4. The van der Waals surface area contributed by atoms with Crippen molar-refractivity contribution in [3.05, 3.63) is 71.8 Å². The molecule has 0 atom stereocenters. The standard InChI is InChI=1S/C18H13F3N2O/c19-18(20,21)14-9-5-4-8-12(14)15-10-13(17(22)24)16(23-15)11-6-2-1-3-7-11/h1-10,23H,(H2,22,24). The smallest absolute Gasteiger partial charge is 0.366 e. The van der Waals surface area contributed by atoms with Crippen molar-refractivity contribution in [1.82, 2.24) is 4.98 Å². The molecule has 3 nitrogen and oxygen atoms in total. The zero-order chi connectivity index (χ0) is 17.3. The number of primary amides is 1. The summed E-state index contributed by atoms with van der Waals surface area (Å²) in [4.78, 5) is 14.6. The van der Waals surface area contributed by atoms with Gasteiger partial charge < -0.3 is 10.7 Å². The number of benzene rings is 2. The molecule has 0 aliphatic heterocycles. The van der Waals surface area contributed by atoms with E-state index in [0.717, 1.165) is 6.07 Å². The largest absolute Gasteiger partial charge is 0.417 e. The first-order chi connectivity index (χ1) is 11.4. The summed E-state index contributed by atoms with van der Waals surface area (Å²) in [6.07, 6.45) is -4.50. The van der Waals surface area contributed by atoms with Crippen molar-refractivity contribution in [3.63, 3.8) is 0 Å². The van der Waals surface area contributed by atoms with Gasteiger partial charge in [-0.3, -0.25) is 4.79 Å². The molecular formula is C18H13F3N2O. The number of alkyl halides is 3. The van der Waals surface area contributed by atoms with Crippen molar-refractivity contribution in [1.29, 1.82) is 0 Å². The first-order valence-corrected chi connectivity index (χ1v) is 7.13. The molecule has 122 valence electrons. The molecule has 1 heterocycles. The Bertz CT molecular complexity index is 883. The van der Waals surface area contributed by atoms with Crippen LogP contribution in [0.3, 0.4) is 0 Å². The van der Waals surface area contributed by atoms with E-state index in [1.807, 2.05) is 0 Å². The monoisotopic (exact) mass is 330 g/mol. The molecule has 0 aliphatic rings. The highest BCUT2D eigenvalue weighted by atomic mass is 19.4. The number of carbonyl (C=O) groups is 1. The number of aromatic amines is 1. The fourth-order valence-electron chi connectivity index (χ4n) is 2.59. The second kappa shape index (κ2) is 5.88. The second-order valence-electron chi connectivity index (χ2n) is 5.25. The fourth-order valence-corrected chi connectivity index (χ4v) is 2.59. The summed E-state index contributed by atoms with van der Waals surface area (Å²) in [5, 5.41) is 0. The predicted octanol–water partition coefficient (Wildman–Crippen LogP) is 4.47. The molecule has 24 heavy (non-hydrogen) atoms. The molecule has 6 heteroatoms. The summed E-state index contributed by atoms with van der Waals surface area (Å²) in [6, 6.07) is 15.4. The first kappa shape index (κ1) is 15.9. The third-order valence-electron chi connectivity index (χ3n) is 3.67. The number of carbonyl (C=O) groups excluding carboxylic acids is 1. The maximum absolute atomic E-state index is 13.2. The van der Waals surface area contributed by atoms with Crippen molar-refractivity contribution in [2.75, 3.05) is 0 Å². The van der Waals surface area contributed by atoms with Crippen LogP contribution in [-0.2, 0) is 6.18 Å². The Morgan fingerprint density at radius 1 is 0.958 bits per heavy atom. The Kier molecular flexibility index (Phi) is 3.89. The molecule has 0 unspecified atom stereocenters. The summed E-state index contributed by atoms with van der Waals surface area (Å²) >= 11 is 0. The number of hydrogen-bond acceptors (Lipinski definition) is 1. The molecule has 0 saturated heterocycles. The molecule has 3 N–H and O–H groups in total. The van der Waals surface area contributed by atoms with Crippen LogP contribution in [0.2, 0.25) is 0 Å². The van der Waals surface area contributed by atoms with Crippen LogP contribution in [-0.4, -0.2) is 10.9 Å². The summed E-state index contributed by atoms with van der Waals surface area (Å²) in [5.41, 5.74) is 5.98. The van der Waals surface area contributed by atoms with Crippen LogP contribution < -0.4 is 5.73 Å². The van der Waals surface area contributed by atoms with E-state index in [9.17, 15) is 18.0 Å². The van der Waals surface area contributed by atoms with Crippen molar-refractivity contribution < 1.29 is 18.0 Å². The van der Waals surface area contributed by atoms with Crippen molar-refractivity contribution in [2.24, 2.45) is 5.73 Å². The van der Waals surface area contributed by atoms with Gasteiger partial charge in [-0.1, -0.05) is 48.5 Å². The SMILES string of the molecule is NC(=O)c1cc(-c2ccccc2C(F)(F)F)[nH]c1-c1ccccc1. The lowest BCUT2D eigenvalue weighted by atomic mass is 10.0. The number of H-pyrrole nitrogens is 1. The predicted molar refractivity (Wildman–Crippen MR) is 85.2 cm³/mol. The number of rotatable bonds is 3. The number of nitrogens with one attached hydrogen (secondary N) is 1. The third-order valence-corrected chi connectivity index (χ3v) is 3.67. The van der Waals surface area contributed by atoms with Gasteiger partial charge in [0.25, 0.3) is 5.91 Å². The van der Waals surface area contributed by atoms with E-state index in [1.165, 1.54) is 24.3 Å². The van der Waals surface area contributed by atoms with Gasteiger partial charge >= 0.3 is 6.18 Å². The Labute approximate surface area is 135 Å². The molecule has 0 saturated carbocycles. The maximum Gasteiger partial charge on any atom is 0.417 e. The van der Waals surface area contributed by atoms with Gasteiger partial charge in [0.05, 0.1) is 16.8 Å². The molecule has 1 amide bonds. The van der Waals surface area contributed by atoms with E-state index in [0.29, 0.717) is 11.3 Å². The molecular weight excluding hydrogens is 317 g/mol. The number of nitrogens with two attached hydrogens (primary N) is 1. The van der Waals surface area contributed by atoms with Crippen LogP contribution in [0.15, 0.2) is 60.7 Å². The van der Waals surface area contributed by atoms with Crippen LogP contribution in [0.5, 0.6) is 0 Å². The number of hydrogen-bond donors (Lipinski definition) is 2.